The number of carbonyl (C=O) groups is 1. The maximum absolute atomic E-state index is 11.6. The second kappa shape index (κ2) is 6.13. The molecule has 24 heavy (non-hydrogen) atoms. The summed E-state index contributed by atoms with van der Waals surface area (Å²) in [5, 5.41) is 16.3. The van der Waals surface area contributed by atoms with E-state index in [4.69, 9.17) is 4.74 Å². The summed E-state index contributed by atoms with van der Waals surface area (Å²) >= 11 is 0. The molecule has 1 fully saturated rings. The molecule has 1 saturated heterocycles. The normalized spacial score (nSPS) is 20.0. The molecule has 0 aliphatic carbocycles. The number of phenolic OH excluding ortho intramolecular Hbond substituents is 1. The molecular weight excluding hydrogens is 306 g/mol. The van der Waals surface area contributed by atoms with Crippen LogP contribution in [0.4, 0.5) is 10.6 Å². The van der Waals surface area contributed by atoms with Crippen LogP contribution in [0.15, 0.2) is 30.3 Å². The van der Waals surface area contributed by atoms with E-state index in [1.165, 1.54) is 0 Å². The molecule has 1 atom stereocenters. The molecule has 0 radical (unpaired) electrons. The number of amides is 1. The van der Waals surface area contributed by atoms with Crippen LogP contribution in [0.2, 0.25) is 0 Å². The van der Waals surface area contributed by atoms with Gasteiger partial charge >= 0.3 is 6.09 Å². The predicted molar refractivity (Wildman–Crippen MR) is 90.0 cm³/mol. The number of para-hydroxylation sites is 1. The number of carbonyl (C=O) groups excluding carboxylic acids is 1. The van der Waals surface area contributed by atoms with E-state index in [-0.39, 0.29) is 12.4 Å². The Morgan fingerprint density at radius 3 is 2.96 bits per heavy atom. The maximum atomic E-state index is 11.6. The van der Waals surface area contributed by atoms with Gasteiger partial charge in [-0.05, 0) is 49.1 Å². The van der Waals surface area contributed by atoms with E-state index in [1.54, 1.807) is 12.1 Å². The number of piperidine rings is 1. The molecule has 2 aliphatic rings. The van der Waals surface area contributed by atoms with Crippen molar-refractivity contribution in [1.29, 1.82) is 0 Å². The third-order valence-electron chi connectivity index (χ3n) is 4.64. The summed E-state index contributed by atoms with van der Waals surface area (Å²) in [7, 11) is 0. The zero-order valence-electron chi connectivity index (χ0n) is 13.2. The van der Waals surface area contributed by atoms with Gasteiger partial charge in [0.15, 0.2) is 0 Å². The fourth-order valence-corrected chi connectivity index (χ4v) is 3.43. The van der Waals surface area contributed by atoms with Crippen molar-refractivity contribution in [3.05, 3.63) is 41.5 Å². The van der Waals surface area contributed by atoms with Gasteiger partial charge in [0.2, 0.25) is 0 Å². The van der Waals surface area contributed by atoms with Crippen LogP contribution in [-0.4, -0.2) is 29.3 Å². The standard InChI is InChI=1S/C18H19N3O3/c22-16-6-2-1-5-12(16)15-8-13(11-4-3-7-19-9-11)14-10-24-18(23)21-17(14)20-15/h1-2,5-6,8,11,19,22H,3-4,7,9-10H2,(H,20,21,23). The predicted octanol–water partition coefficient (Wildman–Crippen LogP) is 2.98. The number of rotatable bonds is 2. The number of pyridine rings is 1. The lowest BCUT2D eigenvalue weighted by Crippen LogP contribution is -2.30. The van der Waals surface area contributed by atoms with Gasteiger partial charge in [-0.3, -0.25) is 5.32 Å². The number of phenols is 1. The molecule has 0 saturated carbocycles. The molecule has 1 amide bonds. The third kappa shape index (κ3) is 2.69. The van der Waals surface area contributed by atoms with Crippen LogP contribution >= 0.6 is 0 Å². The lowest BCUT2D eigenvalue weighted by atomic mass is 9.87. The summed E-state index contributed by atoms with van der Waals surface area (Å²) in [4.78, 5) is 16.2. The fraction of sp³-hybridized carbons (Fsp3) is 0.333. The molecule has 2 aromatic rings. The molecule has 0 bridgehead atoms. The highest BCUT2D eigenvalue weighted by Gasteiger charge is 2.27. The van der Waals surface area contributed by atoms with E-state index < -0.39 is 6.09 Å². The van der Waals surface area contributed by atoms with Gasteiger partial charge < -0.3 is 15.2 Å². The Labute approximate surface area is 139 Å². The quantitative estimate of drug-likeness (QED) is 0.790. The second-order valence-corrected chi connectivity index (χ2v) is 6.19. The van der Waals surface area contributed by atoms with Crippen molar-refractivity contribution in [2.45, 2.75) is 25.4 Å². The highest BCUT2D eigenvalue weighted by molar-refractivity contribution is 5.87. The van der Waals surface area contributed by atoms with Gasteiger partial charge in [-0.15, -0.1) is 0 Å². The zero-order chi connectivity index (χ0) is 16.5. The van der Waals surface area contributed by atoms with Crippen molar-refractivity contribution in [3.63, 3.8) is 0 Å². The number of hydrogen-bond acceptors (Lipinski definition) is 5. The van der Waals surface area contributed by atoms with Crippen molar-refractivity contribution >= 4 is 11.9 Å². The van der Waals surface area contributed by atoms with Gasteiger partial charge in [-0.1, -0.05) is 12.1 Å². The number of fused-ring (bicyclic) bond motifs is 1. The summed E-state index contributed by atoms with van der Waals surface area (Å²) in [5.41, 5.74) is 3.38. The van der Waals surface area contributed by atoms with Crippen molar-refractivity contribution in [3.8, 4) is 17.0 Å². The van der Waals surface area contributed by atoms with Crippen LogP contribution in [0.1, 0.15) is 29.9 Å². The first-order valence-electron chi connectivity index (χ1n) is 8.19. The van der Waals surface area contributed by atoms with E-state index in [2.05, 4.69) is 15.6 Å². The van der Waals surface area contributed by atoms with Gasteiger partial charge in [-0.2, -0.15) is 0 Å². The van der Waals surface area contributed by atoms with E-state index in [1.807, 2.05) is 18.2 Å². The molecule has 6 heteroatoms. The molecule has 1 aromatic carbocycles. The molecule has 124 valence electrons. The minimum absolute atomic E-state index is 0.177. The van der Waals surface area contributed by atoms with Gasteiger partial charge in [0.25, 0.3) is 0 Å². The first kappa shape index (κ1) is 15.0. The molecule has 2 aliphatic heterocycles. The number of aromatic hydroxyl groups is 1. The van der Waals surface area contributed by atoms with E-state index in [9.17, 15) is 9.90 Å². The van der Waals surface area contributed by atoms with Crippen LogP contribution in [0.25, 0.3) is 11.3 Å². The maximum Gasteiger partial charge on any atom is 0.413 e. The summed E-state index contributed by atoms with van der Waals surface area (Å²) in [5.74, 6) is 1.06. The first-order chi connectivity index (χ1) is 11.7. The molecule has 4 rings (SSSR count). The Morgan fingerprint density at radius 2 is 2.17 bits per heavy atom. The van der Waals surface area contributed by atoms with E-state index in [0.29, 0.717) is 23.0 Å². The minimum atomic E-state index is -0.489. The van der Waals surface area contributed by atoms with Gasteiger partial charge in [0.05, 0.1) is 5.69 Å². The SMILES string of the molecule is O=C1Nc2nc(-c3ccccc3O)cc(C3CCCNC3)c2CO1. The first-order valence-corrected chi connectivity index (χ1v) is 8.19. The molecule has 1 aromatic heterocycles. The molecule has 1 unspecified atom stereocenters. The largest absolute Gasteiger partial charge is 0.507 e. The van der Waals surface area contributed by atoms with Crippen molar-refractivity contribution in [2.24, 2.45) is 0 Å². The Bertz CT molecular complexity index is 785. The van der Waals surface area contributed by atoms with Gasteiger partial charge in [-0.25, -0.2) is 9.78 Å². The van der Waals surface area contributed by atoms with Crippen LogP contribution in [0, 0.1) is 0 Å². The van der Waals surface area contributed by atoms with Gasteiger partial charge in [0, 0.05) is 17.7 Å². The Kier molecular flexibility index (Phi) is 3.82. The highest BCUT2D eigenvalue weighted by Crippen LogP contribution is 2.37. The fourth-order valence-electron chi connectivity index (χ4n) is 3.43. The van der Waals surface area contributed by atoms with Crippen LogP contribution in [-0.2, 0) is 11.3 Å². The number of nitrogens with one attached hydrogen (secondary N) is 2. The number of nitrogens with zero attached hydrogens (tertiary/aromatic N) is 1. The van der Waals surface area contributed by atoms with Crippen LogP contribution in [0.5, 0.6) is 5.75 Å². The third-order valence-corrected chi connectivity index (χ3v) is 4.64. The highest BCUT2D eigenvalue weighted by atomic mass is 16.5. The molecule has 0 spiro atoms. The lowest BCUT2D eigenvalue weighted by molar-refractivity contribution is 0.150. The number of anilines is 1. The van der Waals surface area contributed by atoms with Crippen molar-refractivity contribution in [1.82, 2.24) is 10.3 Å². The van der Waals surface area contributed by atoms with Crippen molar-refractivity contribution in [2.75, 3.05) is 18.4 Å². The molecule has 6 nitrogen and oxygen atoms in total. The summed E-state index contributed by atoms with van der Waals surface area (Å²) in [6.07, 6.45) is 1.70. The number of benzene rings is 1. The van der Waals surface area contributed by atoms with Gasteiger partial charge in [0.1, 0.15) is 18.2 Å². The van der Waals surface area contributed by atoms with Crippen LogP contribution < -0.4 is 10.6 Å². The summed E-state index contributed by atoms with van der Waals surface area (Å²) < 4.78 is 5.15. The second-order valence-electron chi connectivity index (χ2n) is 6.19. The Balaban J connectivity index is 1.85. The zero-order valence-corrected chi connectivity index (χ0v) is 13.2. The number of hydrogen-bond donors (Lipinski definition) is 3. The monoisotopic (exact) mass is 325 g/mol. The number of ether oxygens (including phenoxy) is 1. The average Bonchev–Trinajstić information content (AvgIpc) is 2.61. The lowest BCUT2D eigenvalue weighted by Gasteiger charge is -2.28. The number of cyclic esters (lactones) is 1. The summed E-state index contributed by atoms with van der Waals surface area (Å²) in [6.45, 7) is 2.16. The van der Waals surface area contributed by atoms with E-state index in [0.717, 1.165) is 37.1 Å². The molecule has 3 heterocycles. The molecular formula is C18H19N3O3. The minimum Gasteiger partial charge on any atom is -0.507 e. The Morgan fingerprint density at radius 1 is 1.29 bits per heavy atom. The van der Waals surface area contributed by atoms with Crippen molar-refractivity contribution < 1.29 is 14.6 Å². The smallest absolute Gasteiger partial charge is 0.413 e. The topological polar surface area (TPSA) is 83.5 Å². The van der Waals surface area contributed by atoms with Crippen LogP contribution in [0.3, 0.4) is 0 Å². The average molecular weight is 325 g/mol. The Hall–Kier alpha value is -2.60. The summed E-state index contributed by atoms with van der Waals surface area (Å²) in [6, 6.07) is 9.12. The van der Waals surface area contributed by atoms with E-state index >= 15 is 0 Å². The molecule has 3 N–H and O–H groups in total. The number of aromatic nitrogens is 1.